The smallest absolute Gasteiger partial charge is 0.333 e. The number of para-hydroxylation sites is 1. The van der Waals surface area contributed by atoms with E-state index >= 15 is 0 Å². The molecule has 0 radical (unpaired) electrons. The second kappa shape index (κ2) is 9.96. The number of fused-ring (bicyclic) bond motifs is 1. The molecule has 0 unspecified atom stereocenters. The molecule has 170 valence electrons. The molecule has 0 aromatic heterocycles. The van der Waals surface area contributed by atoms with Crippen molar-refractivity contribution in [3.05, 3.63) is 65.2 Å². The Morgan fingerprint density at radius 3 is 2.56 bits per heavy atom. The number of hydrogen-bond acceptors (Lipinski definition) is 5. The molecule has 32 heavy (non-hydrogen) atoms. The average Bonchev–Trinajstić information content (AvgIpc) is 2.88. The highest BCUT2D eigenvalue weighted by atomic mass is 16.6. The van der Waals surface area contributed by atoms with Gasteiger partial charge in [-0.15, -0.1) is 0 Å². The summed E-state index contributed by atoms with van der Waals surface area (Å²) in [5.74, 6) is -0.999. The Balaban J connectivity index is 1.71. The zero-order valence-electron chi connectivity index (χ0n) is 18.8. The fourth-order valence-corrected chi connectivity index (χ4v) is 3.65. The molecule has 2 aromatic rings. The number of aryl methyl sites for hydroxylation is 2. The van der Waals surface area contributed by atoms with Crippen molar-refractivity contribution in [2.75, 3.05) is 5.32 Å². The van der Waals surface area contributed by atoms with E-state index < -0.39 is 23.7 Å². The lowest BCUT2D eigenvalue weighted by atomic mass is 9.99. The van der Waals surface area contributed by atoms with E-state index in [0.717, 1.165) is 16.8 Å². The van der Waals surface area contributed by atoms with Crippen LogP contribution < -0.4 is 16.4 Å². The number of anilines is 1. The van der Waals surface area contributed by atoms with Crippen molar-refractivity contribution >= 4 is 23.5 Å². The zero-order valence-corrected chi connectivity index (χ0v) is 18.8. The number of esters is 1. The van der Waals surface area contributed by atoms with Gasteiger partial charge in [-0.2, -0.15) is 0 Å². The van der Waals surface area contributed by atoms with Gasteiger partial charge in [-0.1, -0.05) is 48.5 Å². The van der Waals surface area contributed by atoms with Crippen molar-refractivity contribution in [3.63, 3.8) is 0 Å². The zero-order chi connectivity index (χ0) is 23.3. The highest BCUT2D eigenvalue weighted by Gasteiger charge is 2.28. The summed E-state index contributed by atoms with van der Waals surface area (Å²) in [7, 11) is 0. The lowest BCUT2D eigenvalue weighted by Gasteiger charge is -2.25. The molecule has 2 aromatic carbocycles. The van der Waals surface area contributed by atoms with Crippen molar-refractivity contribution < 1.29 is 19.1 Å². The number of hydrogen-bond donors (Lipinski definition) is 3. The first-order valence-corrected chi connectivity index (χ1v) is 10.9. The molecule has 0 saturated heterocycles. The van der Waals surface area contributed by atoms with Gasteiger partial charge in [0.15, 0.2) is 6.04 Å². The number of amides is 2. The van der Waals surface area contributed by atoms with Crippen molar-refractivity contribution in [3.8, 4) is 0 Å². The van der Waals surface area contributed by atoms with Gasteiger partial charge in [-0.25, -0.2) is 4.79 Å². The molecule has 0 bridgehead atoms. The third-order valence-corrected chi connectivity index (χ3v) is 5.25. The molecule has 0 fully saturated rings. The first kappa shape index (κ1) is 23.5. The molecule has 0 spiro atoms. The van der Waals surface area contributed by atoms with E-state index in [0.29, 0.717) is 24.8 Å². The first-order chi connectivity index (χ1) is 15.1. The monoisotopic (exact) mass is 437 g/mol. The topological polar surface area (TPSA) is 111 Å². The van der Waals surface area contributed by atoms with Crippen LogP contribution in [0.25, 0.3) is 0 Å². The Kier molecular flexibility index (Phi) is 7.30. The van der Waals surface area contributed by atoms with Crippen LogP contribution in [0, 0.1) is 0 Å². The van der Waals surface area contributed by atoms with E-state index in [1.54, 1.807) is 32.9 Å². The lowest BCUT2D eigenvalue weighted by Crippen LogP contribution is -2.38. The van der Waals surface area contributed by atoms with Gasteiger partial charge in [0.25, 0.3) is 0 Å². The number of benzene rings is 2. The minimum atomic E-state index is -0.895. The normalized spacial score (nSPS) is 16.9. The first-order valence-electron chi connectivity index (χ1n) is 10.9. The van der Waals surface area contributed by atoms with Crippen LogP contribution in [0.5, 0.6) is 0 Å². The van der Waals surface area contributed by atoms with Gasteiger partial charge in [0.1, 0.15) is 5.60 Å². The van der Waals surface area contributed by atoms with Crippen LogP contribution in [0.1, 0.15) is 56.3 Å². The predicted octanol–water partition coefficient (Wildman–Crippen LogP) is 3.03. The molecule has 7 heteroatoms. The van der Waals surface area contributed by atoms with E-state index in [4.69, 9.17) is 10.5 Å². The van der Waals surface area contributed by atoms with Crippen molar-refractivity contribution in [1.29, 1.82) is 0 Å². The van der Waals surface area contributed by atoms with Gasteiger partial charge in [-0.05, 0) is 56.7 Å². The molecule has 0 saturated carbocycles. The summed E-state index contributed by atoms with van der Waals surface area (Å²) in [6, 6.07) is 13.4. The van der Waals surface area contributed by atoms with Crippen LogP contribution in [0.4, 0.5) is 5.69 Å². The van der Waals surface area contributed by atoms with Crippen LogP contribution in [0.2, 0.25) is 0 Å². The van der Waals surface area contributed by atoms with Crippen LogP contribution in [-0.4, -0.2) is 29.4 Å². The van der Waals surface area contributed by atoms with E-state index in [-0.39, 0.29) is 18.2 Å². The maximum atomic E-state index is 12.8. The SMILES string of the molecule is CC(C)(C)OC(=O)[C@@H](NC(=O)CCc1cccc2c1NC(=O)[C@@H](N)CC2)c1ccccc1. The molecule has 7 nitrogen and oxygen atoms in total. The number of carbonyl (C=O) groups is 3. The largest absolute Gasteiger partial charge is 0.458 e. The Bertz CT molecular complexity index is 982. The van der Waals surface area contributed by atoms with E-state index in [9.17, 15) is 14.4 Å². The summed E-state index contributed by atoms with van der Waals surface area (Å²) in [6.45, 7) is 5.36. The van der Waals surface area contributed by atoms with Gasteiger partial charge in [0.05, 0.1) is 6.04 Å². The standard InChI is InChI=1S/C25H31N3O4/c1-25(2,3)32-24(31)22(16-8-5-4-6-9-16)27-20(29)15-13-18-11-7-10-17-12-14-19(26)23(30)28-21(17)18/h4-11,19,22H,12-15,26H2,1-3H3,(H,27,29)(H,28,30)/t19-,22-/m0/s1. The minimum absolute atomic E-state index is 0.157. The number of carbonyl (C=O) groups excluding carboxylic acids is 3. The third kappa shape index (κ3) is 6.17. The number of ether oxygens (including phenoxy) is 1. The van der Waals surface area contributed by atoms with Crippen LogP contribution >= 0.6 is 0 Å². The molecule has 1 heterocycles. The van der Waals surface area contributed by atoms with Crippen LogP contribution in [0.15, 0.2) is 48.5 Å². The molecule has 2 atom stereocenters. The van der Waals surface area contributed by atoms with E-state index in [2.05, 4.69) is 10.6 Å². The summed E-state index contributed by atoms with van der Waals surface area (Å²) >= 11 is 0. The van der Waals surface area contributed by atoms with Gasteiger partial charge < -0.3 is 21.1 Å². The maximum absolute atomic E-state index is 12.8. The van der Waals surface area contributed by atoms with Crippen LogP contribution in [-0.2, 0) is 32.0 Å². The molecule has 2 amide bonds. The predicted molar refractivity (Wildman–Crippen MR) is 123 cm³/mol. The molecule has 1 aliphatic heterocycles. The molecule has 4 N–H and O–H groups in total. The molecule has 3 rings (SSSR count). The summed E-state index contributed by atoms with van der Waals surface area (Å²) < 4.78 is 5.52. The fourth-order valence-electron chi connectivity index (χ4n) is 3.65. The summed E-state index contributed by atoms with van der Waals surface area (Å²) in [6.07, 6.45) is 1.85. The van der Waals surface area contributed by atoms with Gasteiger partial charge in [0.2, 0.25) is 11.8 Å². The van der Waals surface area contributed by atoms with E-state index in [1.807, 2.05) is 36.4 Å². The summed E-state index contributed by atoms with van der Waals surface area (Å²) in [5.41, 5.74) is 8.50. The molecular formula is C25H31N3O4. The summed E-state index contributed by atoms with van der Waals surface area (Å²) in [5, 5.41) is 5.72. The Hall–Kier alpha value is -3.19. The fraction of sp³-hybridized carbons (Fsp3) is 0.400. The highest BCUT2D eigenvalue weighted by molar-refractivity contribution is 5.97. The highest BCUT2D eigenvalue weighted by Crippen LogP contribution is 2.27. The number of nitrogens with two attached hydrogens (primary N) is 1. The van der Waals surface area contributed by atoms with Crippen LogP contribution in [0.3, 0.4) is 0 Å². The molecule has 1 aliphatic rings. The van der Waals surface area contributed by atoms with Crippen molar-refractivity contribution in [2.45, 2.75) is 64.1 Å². The Morgan fingerprint density at radius 1 is 1.16 bits per heavy atom. The quantitative estimate of drug-likeness (QED) is 0.602. The number of nitrogens with one attached hydrogen (secondary N) is 2. The Morgan fingerprint density at radius 2 is 1.88 bits per heavy atom. The molecule has 0 aliphatic carbocycles. The second-order valence-corrected chi connectivity index (χ2v) is 9.03. The van der Waals surface area contributed by atoms with Crippen molar-refractivity contribution in [1.82, 2.24) is 5.32 Å². The van der Waals surface area contributed by atoms with Gasteiger partial charge >= 0.3 is 5.97 Å². The summed E-state index contributed by atoms with van der Waals surface area (Å²) in [4.78, 5) is 37.8. The van der Waals surface area contributed by atoms with Crippen molar-refractivity contribution in [2.24, 2.45) is 5.73 Å². The van der Waals surface area contributed by atoms with Gasteiger partial charge in [0, 0.05) is 12.1 Å². The maximum Gasteiger partial charge on any atom is 0.333 e. The lowest BCUT2D eigenvalue weighted by molar-refractivity contribution is -0.158. The third-order valence-electron chi connectivity index (χ3n) is 5.25. The van der Waals surface area contributed by atoms with E-state index in [1.165, 1.54) is 0 Å². The minimum Gasteiger partial charge on any atom is -0.458 e. The Labute approximate surface area is 188 Å². The molecular weight excluding hydrogens is 406 g/mol. The van der Waals surface area contributed by atoms with Gasteiger partial charge in [-0.3, -0.25) is 9.59 Å². The average molecular weight is 438 g/mol. The second-order valence-electron chi connectivity index (χ2n) is 9.03. The number of rotatable bonds is 6.